The normalized spacial score (nSPS) is 12.5. The number of carbonyl (C=O) groups is 1. The Labute approximate surface area is 124 Å². The second kappa shape index (κ2) is 5.13. The van der Waals surface area contributed by atoms with Crippen LogP contribution in [0.5, 0.6) is 0 Å². The lowest BCUT2D eigenvalue weighted by Crippen LogP contribution is -2.28. The van der Waals surface area contributed by atoms with E-state index in [9.17, 15) is 4.79 Å². The minimum absolute atomic E-state index is 0.218. The number of anilines is 1. The number of pyridine rings is 1. The number of nitrogen functional groups attached to an aromatic ring is 1. The predicted octanol–water partition coefficient (Wildman–Crippen LogP) is 1.50. The number of aryl methyl sites for hydroxylation is 1. The highest BCUT2D eigenvalue weighted by atomic mass is 32.1. The zero-order valence-electron chi connectivity index (χ0n) is 11.6. The Bertz CT molecular complexity index is 808. The SMILES string of the molecule is CC(NC(=O)c1sc2cnccc2c1N)c1nncn1C. The van der Waals surface area contributed by atoms with Crippen LogP contribution in [0.2, 0.25) is 0 Å². The standard InChI is InChI=1S/C13H14N6OS/c1-7(12-18-16-6-19(12)2)17-13(20)11-10(14)8-3-4-15-5-9(8)21-11/h3-7H,14H2,1-2H3,(H,17,20). The van der Waals surface area contributed by atoms with Crippen molar-refractivity contribution in [3.63, 3.8) is 0 Å². The van der Waals surface area contributed by atoms with Gasteiger partial charge < -0.3 is 15.6 Å². The molecule has 0 saturated heterocycles. The van der Waals surface area contributed by atoms with Crippen molar-refractivity contribution in [2.45, 2.75) is 13.0 Å². The van der Waals surface area contributed by atoms with Crippen molar-refractivity contribution in [3.8, 4) is 0 Å². The topological polar surface area (TPSA) is 98.7 Å². The van der Waals surface area contributed by atoms with Crippen LogP contribution in [0.3, 0.4) is 0 Å². The summed E-state index contributed by atoms with van der Waals surface area (Å²) in [6.45, 7) is 1.85. The molecule has 3 heterocycles. The molecular formula is C13H14N6OS. The predicted molar refractivity (Wildman–Crippen MR) is 80.9 cm³/mol. The van der Waals surface area contributed by atoms with Crippen molar-refractivity contribution in [1.82, 2.24) is 25.1 Å². The van der Waals surface area contributed by atoms with Gasteiger partial charge in [0.1, 0.15) is 11.2 Å². The number of nitrogens with one attached hydrogen (secondary N) is 1. The molecule has 0 aromatic carbocycles. The van der Waals surface area contributed by atoms with Gasteiger partial charge in [-0.2, -0.15) is 0 Å². The van der Waals surface area contributed by atoms with Gasteiger partial charge >= 0.3 is 0 Å². The second-order valence-corrected chi connectivity index (χ2v) is 5.76. The van der Waals surface area contributed by atoms with Crippen molar-refractivity contribution < 1.29 is 4.79 Å². The summed E-state index contributed by atoms with van der Waals surface area (Å²) in [7, 11) is 1.83. The van der Waals surface area contributed by atoms with Gasteiger partial charge in [-0.3, -0.25) is 9.78 Å². The van der Waals surface area contributed by atoms with Crippen LogP contribution < -0.4 is 11.1 Å². The molecule has 3 aromatic rings. The maximum atomic E-state index is 12.4. The lowest BCUT2D eigenvalue weighted by atomic mass is 10.2. The molecule has 0 aliphatic rings. The molecule has 0 aliphatic carbocycles. The number of hydrogen-bond acceptors (Lipinski definition) is 6. The van der Waals surface area contributed by atoms with Gasteiger partial charge in [-0.25, -0.2) is 0 Å². The van der Waals surface area contributed by atoms with Gasteiger partial charge in [0.25, 0.3) is 5.91 Å². The molecule has 0 fully saturated rings. The first kappa shape index (κ1) is 13.5. The van der Waals surface area contributed by atoms with Gasteiger partial charge in [-0.15, -0.1) is 21.5 Å². The van der Waals surface area contributed by atoms with E-state index in [2.05, 4.69) is 20.5 Å². The average Bonchev–Trinajstić information content (AvgIpc) is 3.03. The quantitative estimate of drug-likeness (QED) is 0.764. The highest BCUT2D eigenvalue weighted by Gasteiger charge is 2.20. The third-order valence-corrected chi connectivity index (χ3v) is 4.37. The van der Waals surface area contributed by atoms with E-state index in [4.69, 9.17) is 5.73 Å². The van der Waals surface area contributed by atoms with E-state index in [1.807, 2.05) is 20.0 Å². The highest BCUT2D eigenvalue weighted by Crippen LogP contribution is 2.32. The molecule has 3 rings (SSSR count). The fourth-order valence-corrected chi connectivity index (χ4v) is 3.14. The minimum atomic E-state index is -0.257. The van der Waals surface area contributed by atoms with E-state index < -0.39 is 0 Å². The summed E-state index contributed by atoms with van der Waals surface area (Å²) in [6.07, 6.45) is 4.96. The average molecular weight is 302 g/mol. The third-order valence-electron chi connectivity index (χ3n) is 3.22. The molecule has 108 valence electrons. The molecular weight excluding hydrogens is 288 g/mol. The van der Waals surface area contributed by atoms with Crippen LogP contribution in [-0.2, 0) is 7.05 Å². The first-order valence-electron chi connectivity index (χ1n) is 6.34. The van der Waals surface area contributed by atoms with Crippen molar-refractivity contribution in [2.75, 3.05) is 5.73 Å². The van der Waals surface area contributed by atoms with E-state index in [0.29, 0.717) is 16.4 Å². The van der Waals surface area contributed by atoms with Crippen LogP contribution in [-0.4, -0.2) is 25.7 Å². The van der Waals surface area contributed by atoms with Crippen LogP contribution in [0.1, 0.15) is 28.5 Å². The number of aromatic nitrogens is 4. The molecule has 21 heavy (non-hydrogen) atoms. The van der Waals surface area contributed by atoms with Crippen molar-refractivity contribution in [2.24, 2.45) is 7.05 Å². The summed E-state index contributed by atoms with van der Waals surface area (Å²) >= 11 is 1.33. The van der Waals surface area contributed by atoms with E-state index in [1.165, 1.54) is 11.3 Å². The molecule has 0 radical (unpaired) electrons. The third kappa shape index (κ3) is 2.33. The first-order chi connectivity index (χ1) is 10.1. The van der Waals surface area contributed by atoms with Crippen LogP contribution in [0, 0.1) is 0 Å². The molecule has 7 nitrogen and oxygen atoms in total. The molecule has 0 bridgehead atoms. The Kier molecular flexibility index (Phi) is 3.30. The number of amides is 1. The summed E-state index contributed by atoms with van der Waals surface area (Å²) in [5, 5.41) is 11.5. The highest BCUT2D eigenvalue weighted by molar-refractivity contribution is 7.21. The zero-order chi connectivity index (χ0) is 15.0. The summed E-state index contributed by atoms with van der Waals surface area (Å²) < 4.78 is 2.66. The number of nitrogens with zero attached hydrogens (tertiary/aromatic N) is 4. The molecule has 0 spiro atoms. The maximum Gasteiger partial charge on any atom is 0.264 e. The van der Waals surface area contributed by atoms with Crippen LogP contribution in [0.4, 0.5) is 5.69 Å². The molecule has 3 aromatic heterocycles. The summed E-state index contributed by atoms with van der Waals surface area (Å²) in [5.41, 5.74) is 6.54. The number of fused-ring (bicyclic) bond motifs is 1. The number of carbonyl (C=O) groups excluding carboxylic acids is 1. The molecule has 3 N–H and O–H groups in total. The van der Waals surface area contributed by atoms with E-state index >= 15 is 0 Å². The molecule has 1 unspecified atom stereocenters. The largest absolute Gasteiger partial charge is 0.397 e. The Balaban J connectivity index is 1.87. The minimum Gasteiger partial charge on any atom is -0.397 e. The molecule has 1 atom stereocenters. The molecule has 0 saturated carbocycles. The summed E-state index contributed by atoms with van der Waals surface area (Å²) in [5.74, 6) is 0.467. The lowest BCUT2D eigenvalue weighted by molar-refractivity contribution is 0.0943. The monoisotopic (exact) mass is 302 g/mol. The maximum absolute atomic E-state index is 12.4. The summed E-state index contributed by atoms with van der Waals surface area (Å²) in [4.78, 5) is 16.9. The lowest BCUT2D eigenvalue weighted by Gasteiger charge is -2.12. The van der Waals surface area contributed by atoms with Gasteiger partial charge in [-0.05, 0) is 13.0 Å². The van der Waals surface area contributed by atoms with Crippen molar-refractivity contribution in [3.05, 3.63) is 35.5 Å². The Hall–Kier alpha value is -2.48. The van der Waals surface area contributed by atoms with Crippen molar-refractivity contribution in [1.29, 1.82) is 0 Å². The zero-order valence-corrected chi connectivity index (χ0v) is 12.4. The van der Waals surface area contributed by atoms with Gasteiger partial charge in [0.2, 0.25) is 0 Å². The fraction of sp³-hybridized carbons (Fsp3) is 0.231. The van der Waals surface area contributed by atoms with Crippen molar-refractivity contribution >= 4 is 33.0 Å². The smallest absolute Gasteiger partial charge is 0.264 e. The van der Waals surface area contributed by atoms with Crippen LogP contribution in [0.15, 0.2) is 24.8 Å². The molecule has 8 heteroatoms. The van der Waals surface area contributed by atoms with Crippen LogP contribution >= 0.6 is 11.3 Å². The van der Waals surface area contributed by atoms with Crippen LogP contribution in [0.25, 0.3) is 10.1 Å². The van der Waals surface area contributed by atoms with E-state index in [1.54, 1.807) is 23.3 Å². The fourth-order valence-electron chi connectivity index (χ4n) is 2.15. The van der Waals surface area contributed by atoms with E-state index in [0.717, 1.165) is 10.1 Å². The molecule has 1 amide bonds. The molecule has 0 aliphatic heterocycles. The Morgan fingerprint density at radius 3 is 3.00 bits per heavy atom. The Morgan fingerprint density at radius 1 is 1.52 bits per heavy atom. The van der Waals surface area contributed by atoms with Gasteiger partial charge in [0, 0.05) is 24.8 Å². The van der Waals surface area contributed by atoms with Gasteiger partial charge in [0.15, 0.2) is 5.82 Å². The number of thiophene rings is 1. The number of hydrogen-bond donors (Lipinski definition) is 2. The summed E-state index contributed by atoms with van der Waals surface area (Å²) in [6, 6.07) is 1.55. The number of rotatable bonds is 3. The Morgan fingerprint density at radius 2 is 2.33 bits per heavy atom. The van der Waals surface area contributed by atoms with Gasteiger partial charge in [-0.1, -0.05) is 0 Å². The first-order valence-corrected chi connectivity index (χ1v) is 7.16. The van der Waals surface area contributed by atoms with E-state index in [-0.39, 0.29) is 11.9 Å². The second-order valence-electron chi connectivity index (χ2n) is 4.71. The van der Waals surface area contributed by atoms with Gasteiger partial charge in [0.05, 0.1) is 16.4 Å². The number of nitrogens with two attached hydrogens (primary N) is 1.